The Morgan fingerprint density at radius 1 is 1.12 bits per heavy atom. The van der Waals surface area contributed by atoms with E-state index in [0.717, 1.165) is 5.56 Å². The second kappa shape index (κ2) is 8.63. The third kappa shape index (κ3) is 7.45. The maximum atomic E-state index is 12.5. The van der Waals surface area contributed by atoms with Gasteiger partial charge in [0.15, 0.2) is 8.32 Å². The van der Waals surface area contributed by atoms with Crippen LogP contribution < -0.4 is 4.72 Å². The summed E-state index contributed by atoms with van der Waals surface area (Å²) >= 11 is 0. The molecule has 0 aromatic heterocycles. The van der Waals surface area contributed by atoms with Gasteiger partial charge in [0.05, 0.1) is 22.3 Å². The van der Waals surface area contributed by atoms with E-state index in [1.807, 2.05) is 51.1 Å². The largest absolute Gasteiger partial charge is 0.414 e. The predicted molar refractivity (Wildman–Crippen MR) is 111 cm³/mol. The van der Waals surface area contributed by atoms with Gasteiger partial charge in [0.2, 0.25) is 0 Å². The van der Waals surface area contributed by atoms with Gasteiger partial charge in [0.25, 0.3) is 0 Å². The van der Waals surface area contributed by atoms with Crippen LogP contribution in [0.5, 0.6) is 0 Å². The maximum absolute atomic E-state index is 12.5. The van der Waals surface area contributed by atoms with Crippen LogP contribution in [0.1, 0.15) is 47.1 Å². The smallest absolute Gasteiger partial charge is 0.192 e. The summed E-state index contributed by atoms with van der Waals surface area (Å²) in [5.41, 5.74) is 0.947. The topological polar surface area (TPSA) is 38.3 Å². The van der Waals surface area contributed by atoms with Gasteiger partial charge in [0.1, 0.15) is 6.04 Å². The molecule has 140 valence electrons. The molecule has 2 atom stereocenters. The Balaban J connectivity index is 2.92. The van der Waals surface area contributed by atoms with Crippen molar-refractivity contribution in [2.75, 3.05) is 6.61 Å². The van der Waals surface area contributed by atoms with E-state index in [9.17, 15) is 4.21 Å². The Bertz CT molecular complexity index is 634. The fourth-order valence-electron chi connectivity index (χ4n) is 1.61. The average Bonchev–Trinajstić information content (AvgIpc) is 2.48. The van der Waals surface area contributed by atoms with E-state index in [4.69, 9.17) is 4.43 Å². The molecule has 1 unspecified atom stereocenters. The summed E-state index contributed by atoms with van der Waals surface area (Å²) in [5, 5.41) is 0.133. The van der Waals surface area contributed by atoms with Gasteiger partial charge in [-0.3, -0.25) is 0 Å². The van der Waals surface area contributed by atoms with Crippen LogP contribution in [0, 0.1) is 11.8 Å². The Kier molecular flexibility index (Phi) is 7.64. The summed E-state index contributed by atoms with van der Waals surface area (Å²) in [5.74, 6) is 6.37. The lowest BCUT2D eigenvalue weighted by atomic mass is 10.2. The fourth-order valence-corrected chi connectivity index (χ4v) is 3.37. The normalized spacial score (nSPS) is 15.2. The van der Waals surface area contributed by atoms with E-state index in [0.29, 0.717) is 6.61 Å². The van der Waals surface area contributed by atoms with Crippen LogP contribution in [-0.4, -0.2) is 29.9 Å². The SMILES string of the molecule is CC(C)(C)S(=O)N[C@H](C#Cc1ccccc1)CO[Si](C)(C)C(C)(C)C. The van der Waals surface area contributed by atoms with Crippen molar-refractivity contribution >= 4 is 19.3 Å². The molecule has 0 amide bonds. The molecule has 0 aliphatic heterocycles. The highest BCUT2D eigenvalue weighted by Crippen LogP contribution is 2.36. The zero-order valence-corrected chi connectivity index (χ0v) is 18.7. The molecule has 0 radical (unpaired) electrons. The van der Waals surface area contributed by atoms with E-state index in [-0.39, 0.29) is 15.8 Å². The summed E-state index contributed by atoms with van der Waals surface area (Å²) in [6, 6.07) is 9.57. The highest BCUT2D eigenvalue weighted by Gasteiger charge is 2.37. The molecule has 0 saturated carbocycles. The summed E-state index contributed by atoms with van der Waals surface area (Å²) in [6.07, 6.45) is 0. The molecule has 5 heteroatoms. The van der Waals surface area contributed by atoms with Crippen molar-refractivity contribution in [1.82, 2.24) is 4.72 Å². The third-order valence-electron chi connectivity index (χ3n) is 4.39. The zero-order valence-electron chi connectivity index (χ0n) is 16.9. The van der Waals surface area contributed by atoms with Crippen molar-refractivity contribution in [3.05, 3.63) is 35.9 Å². The molecule has 1 N–H and O–H groups in total. The van der Waals surface area contributed by atoms with Crippen molar-refractivity contribution in [3.8, 4) is 11.8 Å². The molecule has 0 bridgehead atoms. The van der Waals surface area contributed by atoms with E-state index in [2.05, 4.69) is 50.4 Å². The zero-order chi connectivity index (χ0) is 19.3. The first kappa shape index (κ1) is 22.1. The van der Waals surface area contributed by atoms with Gasteiger partial charge in [-0.2, -0.15) is 0 Å². The number of rotatable bonds is 5. The number of nitrogens with one attached hydrogen (secondary N) is 1. The van der Waals surface area contributed by atoms with Crippen LogP contribution in [-0.2, 0) is 15.4 Å². The molecule has 0 spiro atoms. The van der Waals surface area contributed by atoms with Gasteiger partial charge >= 0.3 is 0 Å². The van der Waals surface area contributed by atoms with E-state index < -0.39 is 19.3 Å². The molecule has 0 aliphatic rings. The van der Waals surface area contributed by atoms with Gasteiger partial charge in [-0.15, -0.1) is 0 Å². The standard InChI is InChI=1S/C20H33NO2SSi/c1-19(2,3)24(22)21-18(15-14-17-12-10-9-11-13-17)16-23-25(7,8)20(4,5)6/h9-13,18,21H,16H2,1-8H3/t18-,24?/m1/s1. The molecule has 1 rings (SSSR count). The minimum absolute atomic E-state index is 0.133. The van der Waals surface area contributed by atoms with E-state index >= 15 is 0 Å². The second-order valence-electron chi connectivity index (χ2n) is 8.76. The molecule has 3 nitrogen and oxygen atoms in total. The highest BCUT2D eigenvalue weighted by atomic mass is 32.2. The molecule has 0 saturated heterocycles. The lowest BCUT2D eigenvalue weighted by Gasteiger charge is -2.37. The van der Waals surface area contributed by atoms with Gasteiger partial charge in [-0.1, -0.05) is 50.8 Å². The molecule has 0 fully saturated rings. The van der Waals surface area contributed by atoms with Crippen LogP contribution in [0.3, 0.4) is 0 Å². The van der Waals surface area contributed by atoms with Crippen molar-refractivity contribution in [2.45, 2.75) is 70.5 Å². The molecule has 0 aliphatic carbocycles. The minimum Gasteiger partial charge on any atom is -0.414 e. The lowest BCUT2D eigenvalue weighted by Crippen LogP contribution is -2.47. The van der Waals surface area contributed by atoms with E-state index in [1.165, 1.54) is 0 Å². The van der Waals surface area contributed by atoms with Gasteiger partial charge < -0.3 is 4.43 Å². The highest BCUT2D eigenvalue weighted by molar-refractivity contribution is 7.84. The fraction of sp³-hybridized carbons (Fsp3) is 0.600. The summed E-state index contributed by atoms with van der Waals surface area (Å²) < 4.78 is 21.6. The maximum Gasteiger partial charge on any atom is 0.192 e. The van der Waals surface area contributed by atoms with Crippen molar-refractivity contribution < 1.29 is 8.63 Å². The van der Waals surface area contributed by atoms with Crippen LogP contribution in [0.2, 0.25) is 18.1 Å². The first-order valence-electron chi connectivity index (χ1n) is 8.71. The summed E-state index contributed by atoms with van der Waals surface area (Å²) in [6.45, 7) is 17.4. The molecule has 0 heterocycles. The molecular formula is C20H33NO2SSi. The van der Waals surface area contributed by atoms with Gasteiger partial charge in [0, 0.05) is 5.56 Å². The molecule has 1 aromatic carbocycles. The Morgan fingerprint density at radius 3 is 2.16 bits per heavy atom. The quantitative estimate of drug-likeness (QED) is 0.605. The summed E-state index contributed by atoms with van der Waals surface area (Å²) in [7, 11) is -3.07. The Hall–Kier alpha value is -0.933. The Labute approximate surface area is 157 Å². The average molecular weight is 380 g/mol. The third-order valence-corrected chi connectivity index (χ3v) is 10.5. The van der Waals surface area contributed by atoms with Crippen LogP contribution >= 0.6 is 0 Å². The molecule has 1 aromatic rings. The first-order valence-corrected chi connectivity index (χ1v) is 12.8. The van der Waals surface area contributed by atoms with E-state index in [1.54, 1.807) is 0 Å². The van der Waals surface area contributed by atoms with Gasteiger partial charge in [-0.05, 0) is 51.0 Å². The number of benzene rings is 1. The van der Waals surface area contributed by atoms with Crippen LogP contribution in [0.4, 0.5) is 0 Å². The van der Waals surface area contributed by atoms with Crippen LogP contribution in [0.15, 0.2) is 30.3 Å². The molecule has 25 heavy (non-hydrogen) atoms. The predicted octanol–water partition coefficient (Wildman–Crippen LogP) is 4.48. The van der Waals surface area contributed by atoms with Crippen molar-refractivity contribution in [1.29, 1.82) is 0 Å². The van der Waals surface area contributed by atoms with Crippen molar-refractivity contribution in [3.63, 3.8) is 0 Å². The monoisotopic (exact) mass is 379 g/mol. The minimum atomic E-state index is -1.88. The molecular weight excluding hydrogens is 346 g/mol. The summed E-state index contributed by atoms with van der Waals surface area (Å²) in [4.78, 5) is 0. The lowest BCUT2D eigenvalue weighted by molar-refractivity contribution is 0.275. The van der Waals surface area contributed by atoms with Gasteiger partial charge in [-0.25, -0.2) is 8.93 Å². The van der Waals surface area contributed by atoms with Crippen LogP contribution in [0.25, 0.3) is 0 Å². The number of hydrogen-bond donors (Lipinski definition) is 1. The first-order chi connectivity index (χ1) is 11.3. The Morgan fingerprint density at radius 2 is 1.68 bits per heavy atom. The second-order valence-corrected chi connectivity index (χ2v) is 15.6. The van der Waals surface area contributed by atoms with Crippen molar-refractivity contribution in [2.24, 2.45) is 0 Å². The number of hydrogen-bond acceptors (Lipinski definition) is 2.